The van der Waals surface area contributed by atoms with Crippen molar-refractivity contribution in [3.8, 4) is 0 Å². The monoisotopic (exact) mass is 275 g/mol. The summed E-state index contributed by atoms with van der Waals surface area (Å²) in [6, 6.07) is 8.99. The van der Waals surface area contributed by atoms with Crippen LogP contribution in [0.4, 0.5) is 0 Å². The summed E-state index contributed by atoms with van der Waals surface area (Å²) in [5.74, 6) is 0.676. The second-order valence-corrected chi connectivity index (χ2v) is 6.07. The minimum Gasteiger partial charge on any atom is -0.309 e. The molecule has 0 aliphatic heterocycles. The maximum absolute atomic E-state index is 4.11. The fourth-order valence-electron chi connectivity index (χ4n) is 2.32. The smallest absolute Gasteiger partial charge is 0.0776 e. The predicted octanol–water partition coefficient (Wildman–Crippen LogP) is 3.35. The Morgan fingerprint density at radius 3 is 2.68 bits per heavy atom. The minimum absolute atomic E-state index is 0.187. The molecule has 1 aromatic heterocycles. The lowest BCUT2D eigenvalue weighted by molar-refractivity contribution is 0.643. The lowest BCUT2D eigenvalue weighted by Gasteiger charge is -2.16. The Balaban J connectivity index is 2.31. The number of nitrogens with zero attached hydrogens (tertiary/aromatic N) is 2. The van der Waals surface area contributed by atoms with Gasteiger partial charge in [0, 0.05) is 0 Å². The highest BCUT2D eigenvalue weighted by Gasteiger charge is 2.17. The van der Waals surface area contributed by atoms with Gasteiger partial charge >= 0.3 is 0 Å². The summed E-state index contributed by atoms with van der Waals surface area (Å²) >= 11 is 1.47. The van der Waals surface area contributed by atoms with Crippen LogP contribution in [0.1, 0.15) is 41.6 Å². The third-order valence-electron chi connectivity index (χ3n) is 3.17. The summed E-state index contributed by atoms with van der Waals surface area (Å²) in [5.41, 5.74) is 3.69. The van der Waals surface area contributed by atoms with Crippen LogP contribution in [0.15, 0.2) is 24.3 Å². The molecule has 0 bridgehead atoms. The van der Waals surface area contributed by atoms with E-state index in [1.54, 1.807) is 0 Å². The Morgan fingerprint density at radius 1 is 1.32 bits per heavy atom. The highest BCUT2D eigenvalue weighted by atomic mass is 32.1. The molecule has 3 nitrogen and oxygen atoms in total. The number of hydrogen-bond donors (Lipinski definition) is 1. The highest BCUT2D eigenvalue weighted by molar-refractivity contribution is 7.05. The van der Waals surface area contributed by atoms with E-state index in [9.17, 15) is 0 Å². The topological polar surface area (TPSA) is 37.8 Å². The van der Waals surface area contributed by atoms with Crippen LogP contribution in [0.2, 0.25) is 0 Å². The molecule has 0 saturated heterocycles. The fraction of sp³-hybridized carbons (Fsp3) is 0.467. The Kier molecular flexibility index (Phi) is 4.66. The maximum Gasteiger partial charge on any atom is 0.0776 e. The van der Waals surface area contributed by atoms with Crippen molar-refractivity contribution in [1.82, 2.24) is 14.9 Å². The van der Waals surface area contributed by atoms with E-state index in [0.29, 0.717) is 5.92 Å². The van der Waals surface area contributed by atoms with Crippen LogP contribution < -0.4 is 5.32 Å². The summed E-state index contributed by atoms with van der Waals surface area (Å²) in [6.07, 6.45) is 1.12. The average molecular weight is 275 g/mol. The molecule has 0 amide bonds. The van der Waals surface area contributed by atoms with E-state index in [4.69, 9.17) is 0 Å². The van der Waals surface area contributed by atoms with Gasteiger partial charge in [-0.25, -0.2) is 0 Å². The van der Waals surface area contributed by atoms with Gasteiger partial charge in [-0.2, -0.15) is 0 Å². The first-order valence-electron chi connectivity index (χ1n) is 6.66. The zero-order chi connectivity index (χ0) is 13.8. The van der Waals surface area contributed by atoms with E-state index >= 15 is 0 Å². The number of nitrogens with one attached hydrogen (secondary N) is 1. The van der Waals surface area contributed by atoms with E-state index in [-0.39, 0.29) is 6.04 Å². The van der Waals surface area contributed by atoms with Crippen LogP contribution in [-0.2, 0) is 6.42 Å². The van der Waals surface area contributed by atoms with Crippen LogP contribution in [0, 0.1) is 12.8 Å². The van der Waals surface area contributed by atoms with Gasteiger partial charge in [0.1, 0.15) is 0 Å². The molecule has 0 aliphatic rings. The first kappa shape index (κ1) is 14.2. The van der Waals surface area contributed by atoms with Crippen LogP contribution in [0.3, 0.4) is 0 Å². The molecule has 2 rings (SSSR count). The van der Waals surface area contributed by atoms with Crippen molar-refractivity contribution >= 4 is 11.5 Å². The number of rotatable bonds is 5. The van der Waals surface area contributed by atoms with Gasteiger partial charge in [-0.15, -0.1) is 5.10 Å². The van der Waals surface area contributed by atoms with Gasteiger partial charge in [0.05, 0.1) is 16.6 Å². The van der Waals surface area contributed by atoms with Gasteiger partial charge in [0.25, 0.3) is 0 Å². The normalized spacial score (nSPS) is 12.9. The average Bonchev–Trinajstić information content (AvgIpc) is 2.77. The molecule has 0 fully saturated rings. The minimum atomic E-state index is 0.187. The third-order valence-corrected chi connectivity index (χ3v) is 4.06. The molecular weight excluding hydrogens is 254 g/mol. The van der Waals surface area contributed by atoms with Crippen molar-refractivity contribution in [2.24, 2.45) is 5.92 Å². The molecule has 4 heteroatoms. The standard InChI is InChI=1S/C15H21N3S/c1-10(2)8-12-6-5-7-13(9-12)14(16-4)15-11(3)17-18-19-15/h5-7,9-10,14,16H,8H2,1-4H3. The molecule has 0 radical (unpaired) electrons. The number of hydrogen-bond acceptors (Lipinski definition) is 4. The molecule has 1 heterocycles. The molecular formula is C15H21N3S. The molecule has 1 atom stereocenters. The quantitative estimate of drug-likeness (QED) is 0.909. The molecule has 2 aromatic rings. The number of aromatic nitrogens is 2. The molecule has 1 aromatic carbocycles. The SMILES string of the molecule is CNC(c1cccc(CC(C)C)c1)c1snnc1C. The van der Waals surface area contributed by atoms with Gasteiger partial charge in [-0.1, -0.05) is 42.6 Å². The Morgan fingerprint density at radius 2 is 2.11 bits per heavy atom. The first-order chi connectivity index (χ1) is 9.11. The zero-order valence-electron chi connectivity index (χ0n) is 12.0. The molecule has 0 aliphatic carbocycles. The third kappa shape index (κ3) is 3.39. The van der Waals surface area contributed by atoms with Gasteiger partial charge in [-0.05, 0) is 49.0 Å². The highest BCUT2D eigenvalue weighted by Crippen LogP contribution is 2.27. The van der Waals surface area contributed by atoms with Gasteiger partial charge in [0.2, 0.25) is 0 Å². The van der Waals surface area contributed by atoms with Crippen LogP contribution in [0.25, 0.3) is 0 Å². The zero-order valence-corrected chi connectivity index (χ0v) is 12.8. The van der Waals surface area contributed by atoms with Crippen LogP contribution >= 0.6 is 11.5 Å². The van der Waals surface area contributed by atoms with Gasteiger partial charge in [-0.3, -0.25) is 0 Å². The van der Waals surface area contributed by atoms with E-state index in [2.05, 4.69) is 53.0 Å². The summed E-state index contributed by atoms with van der Waals surface area (Å²) in [7, 11) is 1.99. The van der Waals surface area contributed by atoms with E-state index in [1.807, 2.05) is 14.0 Å². The maximum atomic E-state index is 4.11. The van der Waals surface area contributed by atoms with Gasteiger partial charge in [0.15, 0.2) is 0 Å². The molecule has 1 unspecified atom stereocenters. The van der Waals surface area contributed by atoms with Crippen molar-refractivity contribution in [3.05, 3.63) is 46.0 Å². The van der Waals surface area contributed by atoms with Crippen molar-refractivity contribution in [3.63, 3.8) is 0 Å². The van der Waals surface area contributed by atoms with Crippen molar-refractivity contribution in [2.75, 3.05) is 7.05 Å². The van der Waals surface area contributed by atoms with Crippen molar-refractivity contribution in [2.45, 2.75) is 33.2 Å². The second kappa shape index (κ2) is 6.26. The van der Waals surface area contributed by atoms with E-state index < -0.39 is 0 Å². The Hall–Kier alpha value is -1.26. The predicted molar refractivity (Wildman–Crippen MR) is 80.5 cm³/mol. The van der Waals surface area contributed by atoms with Crippen LogP contribution in [-0.4, -0.2) is 16.6 Å². The lowest BCUT2D eigenvalue weighted by Crippen LogP contribution is -2.17. The Labute approximate surface area is 119 Å². The van der Waals surface area contributed by atoms with Gasteiger partial charge < -0.3 is 5.32 Å². The second-order valence-electron chi connectivity index (χ2n) is 5.29. The summed E-state index contributed by atoms with van der Waals surface area (Å²) in [4.78, 5) is 1.20. The first-order valence-corrected chi connectivity index (χ1v) is 7.44. The number of benzene rings is 1. The Bertz CT molecular complexity index is 534. The largest absolute Gasteiger partial charge is 0.309 e. The molecule has 102 valence electrons. The molecule has 0 spiro atoms. The van der Waals surface area contributed by atoms with Crippen molar-refractivity contribution in [1.29, 1.82) is 0 Å². The number of aryl methyl sites for hydroxylation is 1. The molecule has 19 heavy (non-hydrogen) atoms. The van der Waals surface area contributed by atoms with Crippen molar-refractivity contribution < 1.29 is 0 Å². The summed E-state index contributed by atoms with van der Waals surface area (Å²) in [6.45, 7) is 6.51. The molecule has 0 saturated carbocycles. The summed E-state index contributed by atoms with van der Waals surface area (Å²) < 4.78 is 4.04. The van der Waals surface area contributed by atoms with E-state index in [0.717, 1.165) is 12.1 Å². The molecule has 1 N–H and O–H groups in total. The van der Waals surface area contributed by atoms with E-state index in [1.165, 1.54) is 27.5 Å². The summed E-state index contributed by atoms with van der Waals surface area (Å²) in [5, 5.41) is 7.48. The fourth-order valence-corrected chi connectivity index (χ4v) is 3.11. The lowest BCUT2D eigenvalue weighted by atomic mass is 9.97. The van der Waals surface area contributed by atoms with Crippen LogP contribution in [0.5, 0.6) is 0 Å².